The van der Waals surface area contributed by atoms with E-state index in [4.69, 9.17) is 9.84 Å². The standard InChI is InChI=1S/C11H11F3O3/c1-2-5-17-9-4-3-7(11(12,13)14)6-8(9)10(15)16/h3-4,6H,2,5H2,1H3,(H,15,16). The van der Waals surface area contributed by atoms with Gasteiger partial charge in [0.1, 0.15) is 11.3 Å². The fourth-order valence-corrected chi connectivity index (χ4v) is 1.21. The van der Waals surface area contributed by atoms with E-state index in [1.807, 2.05) is 6.92 Å². The summed E-state index contributed by atoms with van der Waals surface area (Å²) in [7, 11) is 0. The molecule has 0 atom stereocenters. The number of hydrogen-bond donors (Lipinski definition) is 1. The predicted molar refractivity (Wildman–Crippen MR) is 54.2 cm³/mol. The van der Waals surface area contributed by atoms with Gasteiger partial charge in [0.15, 0.2) is 0 Å². The molecule has 1 aromatic carbocycles. The molecule has 0 spiro atoms. The lowest BCUT2D eigenvalue weighted by molar-refractivity contribution is -0.137. The first-order chi connectivity index (χ1) is 7.86. The number of alkyl halides is 3. The van der Waals surface area contributed by atoms with Crippen molar-refractivity contribution in [2.45, 2.75) is 19.5 Å². The van der Waals surface area contributed by atoms with Gasteiger partial charge in [-0.15, -0.1) is 0 Å². The largest absolute Gasteiger partial charge is 0.493 e. The number of aromatic carboxylic acids is 1. The fourth-order valence-electron chi connectivity index (χ4n) is 1.21. The average Bonchev–Trinajstić information content (AvgIpc) is 2.24. The van der Waals surface area contributed by atoms with Crippen molar-refractivity contribution in [2.24, 2.45) is 0 Å². The normalized spacial score (nSPS) is 11.3. The highest BCUT2D eigenvalue weighted by molar-refractivity contribution is 5.91. The Morgan fingerprint density at radius 1 is 1.41 bits per heavy atom. The first kappa shape index (κ1) is 13.3. The lowest BCUT2D eigenvalue weighted by Gasteiger charge is -2.11. The van der Waals surface area contributed by atoms with Gasteiger partial charge in [-0.25, -0.2) is 4.79 Å². The number of benzene rings is 1. The van der Waals surface area contributed by atoms with E-state index in [-0.39, 0.29) is 12.4 Å². The van der Waals surface area contributed by atoms with Crippen LogP contribution in [0.3, 0.4) is 0 Å². The molecular formula is C11H11F3O3. The van der Waals surface area contributed by atoms with Crippen LogP contribution in [0.15, 0.2) is 18.2 Å². The summed E-state index contributed by atoms with van der Waals surface area (Å²) < 4.78 is 42.2. The van der Waals surface area contributed by atoms with Gasteiger partial charge in [-0.05, 0) is 24.6 Å². The fraction of sp³-hybridized carbons (Fsp3) is 0.364. The van der Waals surface area contributed by atoms with Crippen molar-refractivity contribution in [2.75, 3.05) is 6.61 Å². The molecule has 0 saturated heterocycles. The molecule has 6 heteroatoms. The zero-order chi connectivity index (χ0) is 13.1. The molecule has 0 amide bonds. The third kappa shape index (κ3) is 3.37. The van der Waals surface area contributed by atoms with Gasteiger partial charge in [-0.3, -0.25) is 0 Å². The maximum Gasteiger partial charge on any atom is 0.416 e. The van der Waals surface area contributed by atoms with Gasteiger partial charge in [0.2, 0.25) is 0 Å². The number of carboxylic acids is 1. The Bertz CT molecular complexity index is 413. The van der Waals surface area contributed by atoms with E-state index >= 15 is 0 Å². The molecule has 0 fully saturated rings. The number of ether oxygens (including phenoxy) is 1. The number of halogens is 3. The van der Waals surface area contributed by atoms with Crippen molar-refractivity contribution in [3.8, 4) is 5.75 Å². The summed E-state index contributed by atoms with van der Waals surface area (Å²) in [5.74, 6) is -1.49. The molecule has 0 aliphatic heterocycles. The van der Waals surface area contributed by atoms with Crippen molar-refractivity contribution < 1.29 is 27.8 Å². The van der Waals surface area contributed by atoms with E-state index in [9.17, 15) is 18.0 Å². The van der Waals surface area contributed by atoms with E-state index in [2.05, 4.69) is 0 Å². The van der Waals surface area contributed by atoms with Crippen LogP contribution in [0, 0.1) is 0 Å². The monoisotopic (exact) mass is 248 g/mol. The maximum atomic E-state index is 12.4. The van der Waals surface area contributed by atoms with E-state index in [0.29, 0.717) is 12.5 Å². The van der Waals surface area contributed by atoms with Crippen LogP contribution >= 0.6 is 0 Å². The Morgan fingerprint density at radius 2 is 2.06 bits per heavy atom. The molecule has 0 unspecified atom stereocenters. The summed E-state index contributed by atoms with van der Waals surface area (Å²) in [5, 5.41) is 8.81. The Kier molecular flexibility index (Phi) is 3.98. The van der Waals surface area contributed by atoms with Crippen LogP contribution in [0.4, 0.5) is 13.2 Å². The molecule has 0 aliphatic carbocycles. The third-order valence-electron chi connectivity index (χ3n) is 2.00. The molecule has 17 heavy (non-hydrogen) atoms. The molecule has 1 N–H and O–H groups in total. The van der Waals surface area contributed by atoms with Crippen LogP contribution in [0.25, 0.3) is 0 Å². The number of rotatable bonds is 4. The lowest BCUT2D eigenvalue weighted by atomic mass is 10.1. The molecule has 0 aliphatic rings. The zero-order valence-corrected chi connectivity index (χ0v) is 9.04. The molecule has 0 aromatic heterocycles. The lowest BCUT2D eigenvalue weighted by Crippen LogP contribution is -2.09. The van der Waals surface area contributed by atoms with Crippen molar-refractivity contribution in [1.82, 2.24) is 0 Å². The highest BCUT2D eigenvalue weighted by Gasteiger charge is 2.32. The highest BCUT2D eigenvalue weighted by atomic mass is 19.4. The molecule has 3 nitrogen and oxygen atoms in total. The molecule has 0 heterocycles. The molecule has 0 saturated carbocycles. The summed E-state index contributed by atoms with van der Waals surface area (Å²) in [4.78, 5) is 10.8. The Morgan fingerprint density at radius 3 is 2.53 bits per heavy atom. The predicted octanol–water partition coefficient (Wildman–Crippen LogP) is 3.19. The third-order valence-corrected chi connectivity index (χ3v) is 2.00. The van der Waals surface area contributed by atoms with Gasteiger partial charge in [0.25, 0.3) is 0 Å². The molecule has 0 bridgehead atoms. The minimum atomic E-state index is -4.56. The van der Waals surface area contributed by atoms with Crippen molar-refractivity contribution in [3.63, 3.8) is 0 Å². The minimum absolute atomic E-state index is 0.0487. The van der Waals surface area contributed by atoms with E-state index in [1.54, 1.807) is 0 Å². The second-order valence-electron chi connectivity index (χ2n) is 3.36. The Hall–Kier alpha value is -1.72. The Balaban J connectivity index is 3.13. The average molecular weight is 248 g/mol. The second kappa shape index (κ2) is 5.07. The maximum absolute atomic E-state index is 12.4. The summed E-state index contributed by atoms with van der Waals surface area (Å²) in [5.41, 5.74) is -1.48. The quantitative estimate of drug-likeness (QED) is 0.890. The SMILES string of the molecule is CCCOc1ccc(C(F)(F)F)cc1C(=O)O. The van der Waals surface area contributed by atoms with E-state index in [0.717, 1.165) is 12.1 Å². The highest BCUT2D eigenvalue weighted by Crippen LogP contribution is 2.32. The van der Waals surface area contributed by atoms with Gasteiger partial charge in [0.05, 0.1) is 12.2 Å². The zero-order valence-electron chi connectivity index (χ0n) is 9.04. The summed E-state index contributed by atoms with van der Waals surface area (Å²) >= 11 is 0. The molecule has 94 valence electrons. The second-order valence-corrected chi connectivity index (χ2v) is 3.36. The first-order valence-electron chi connectivity index (χ1n) is 4.93. The van der Waals surface area contributed by atoms with Crippen LogP contribution in [-0.4, -0.2) is 17.7 Å². The van der Waals surface area contributed by atoms with Gasteiger partial charge < -0.3 is 9.84 Å². The number of hydrogen-bond acceptors (Lipinski definition) is 2. The van der Waals surface area contributed by atoms with Crippen molar-refractivity contribution >= 4 is 5.97 Å². The molecule has 1 aromatic rings. The van der Waals surface area contributed by atoms with Crippen LogP contribution in [0.1, 0.15) is 29.3 Å². The van der Waals surface area contributed by atoms with Gasteiger partial charge in [-0.2, -0.15) is 13.2 Å². The van der Waals surface area contributed by atoms with E-state index < -0.39 is 23.3 Å². The summed E-state index contributed by atoms with van der Waals surface area (Å²) in [6, 6.07) is 2.41. The molecule has 1 rings (SSSR count). The van der Waals surface area contributed by atoms with Gasteiger partial charge in [0, 0.05) is 0 Å². The van der Waals surface area contributed by atoms with Gasteiger partial charge in [-0.1, -0.05) is 6.92 Å². The summed E-state index contributed by atoms with van der Waals surface area (Å²) in [6.45, 7) is 2.07. The van der Waals surface area contributed by atoms with E-state index in [1.165, 1.54) is 0 Å². The van der Waals surface area contributed by atoms with Crippen molar-refractivity contribution in [1.29, 1.82) is 0 Å². The summed E-state index contributed by atoms with van der Waals surface area (Å²) in [6.07, 6.45) is -3.92. The minimum Gasteiger partial charge on any atom is -0.493 e. The molecule has 0 radical (unpaired) electrons. The Labute approximate surface area is 95.8 Å². The molecular weight excluding hydrogens is 237 g/mol. The van der Waals surface area contributed by atoms with Crippen molar-refractivity contribution in [3.05, 3.63) is 29.3 Å². The van der Waals surface area contributed by atoms with Crippen LogP contribution in [-0.2, 0) is 6.18 Å². The first-order valence-corrected chi connectivity index (χ1v) is 4.93. The smallest absolute Gasteiger partial charge is 0.416 e. The topological polar surface area (TPSA) is 46.5 Å². The van der Waals surface area contributed by atoms with Crippen LogP contribution < -0.4 is 4.74 Å². The number of carbonyl (C=O) groups is 1. The van der Waals surface area contributed by atoms with Crippen LogP contribution in [0.2, 0.25) is 0 Å². The number of carboxylic acid groups (broad SMARTS) is 1. The van der Waals surface area contributed by atoms with Gasteiger partial charge >= 0.3 is 12.1 Å². The van der Waals surface area contributed by atoms with Crippen LogP contribution in [0.5, 0.6) is 5.75 Å².